The fourth-order valence-electron chi connectivity index (χ4n) is 2.34. The highest BCUT2D eigenvalue weighted by molar-refractivity contribution is 14.0. The molecule has 0 bridgehead atoms. The molecule has 2 heterocycles. The Labute approximate surface area is 153 Å². The molecule has 0 aliphatic carbocycles. The van der Waals surface area contributed by atoms with Crippen molar-refractivity contribution in [3.8, 4) is 0 Å². The molecule has 0 atom stereocenters. The largest absolute Gasteiger partial charge is 0.360 e. The molecule has 120 valence electrons. The predicted octanol–water partition coefficient (Wildman–Crippen LogP) is 2.82. The summed E-state index contributed by atoms with van der Waals surface area (Å²) >= 11 is 3.72. The van der Waals surface area contributed by atoms with Gasteiger partial charge in [-0.25, -0.2) is 0 Å². The van der Waals surface area contributed by atoms with E-state index in [-0.39, 0.29) is 24.0 Å². The minimum Gasteiger partial charge on any atom is -0.360 e. The molecule has 1 aliphatic heterocycles. The molecule has 0 spiro atoms. The lowest BCUT2D eigenvalue weighted by Gasteiger charge is -2.37. The normalized spacial score (nSPS) is 15.8. The van der Waals surface area contributed by atoms with Crippen LogP contribution in [0.5, 0.6) is 0 Å². The summed E-state index contributed by atoms with van der Waals surface area (Å²) in [5, 5.41) is 7.00. The Morgan fingerprint density at radius 3 is 2.71 bits per heavy atom. The van der Waals surface area contributed by atoms with Crippen molar-refractivity contribution < 1.29 is 0 Å². The van der Waals surface area contributed by atoms with Gasteiger partial charge in [0.25, 0.3) is 0 Å². The van der Waals surface area contributed by atoms with Gasteiger partial charge in [-0.15, -0.1) is 35.3 Å². The molecule has 1 N–H and O–H groups in total. The van der Waals surface area contributed by atoms with Crippen molar-refractivity contribution in [1.82, 2.24) is 10.2 Å². The molecule has 4 nitrogen and oxygen atoms in total. The summed E-state index contributed by atoms with van der Waals surface area (Å²) in [7, 11) is 1.88. The van der Waals surface area contributed by atoms with Crippen LogP contribution in [0.2, 0.25) is 0 Å². The third-order valence-electron chi connectivity index (χ3n) is 3.42. The number of aliphatic imine (C=N–C) groups is 1. The second-order valence-electron chi connectivity index (χ2n) is 4.75. The van der Waals surface area contributed by atoms with Crippen LogP contribution in [-0.2, 0) is 0 Å². The van der Waals surface area contributed by atoms with Gasteiger partial charge in [0.2, 0.25) is 0 Å². The number of piperazine rings is 1. The number of halogens is 1. The van der Waals surface area contributed by atoms with Crippen LogP contribution in [0.15, 0.2) is 22.5 Å². The molecule has 1 fully saturated rings. The van der Waals surface area contributed by atoms with E-state index in [1.165, 1.54) is 17.2 Å². The number of guanidine groups is 1. The Kier molecular flexibility index (Phi) is 9.50. The maximum absolute atomic E-state index is 4.41. The Morgan fingerprint density at radius 2 is 2.14 bits per heavy atom. The summed E-state index contributed by atoms with van der Waals surface area (Å²) in [5.41, 5.74) is 0. The fourth-order valence-corrected chi connectivity index (χ4v) is 3.56. The van der Waals surface area contributed by atoms with Gasteiger partial charge >= 0.3 is 0 Å². The molecule has 0 unspecified atom stereocenters. The molecule has 0 amide bonds. The molecule has 1 aromatic heterocycles. The highest BCUT2D eigenvalue weighted by Crippen LogP contribution is 2.22. The van der Waals surface area contributed by atoms with Crippen LogP contribution in [0.4, 0.5) is 5.00 Å². The lowest BCUT2D eigenvalue weighted by molar-refractivity contribution is 0.373. The summed E-state index contributed by atoms with van der Waals surface area (Å²) in [6.07, 6.45) is 3.34. The van der Waals surface area contributed by atoms with E-state index in [0.29, 0.717) is 0 Å². The van der Waals surface area contributed by atoms with Crippen molar-refractivity contribution >= 4 is 58.0 Å². The molecule has 1 aromatic rings. The Balaban J connectivity index is 0.00000220. The quantitative estimate of drug-likeness (QED) is 0.330. The van der Waals surface area contributed by atoms with E-state index >= 15 is 0 Å². The highest BCUT2D eigenvalue weighted by Gasteiger charge is 2.19. The van der Waals surface area contributed by atoms with Gasteiger partial charge in [0.1, 0.15) is 0 Å². The summed E-state index contributed by atoms with van der Waals surface area (Å²) in [6, 6.07) is 4.33. The summed E-state index contributed by atoms with van der Waals surface area (Å²) in [6.45, 7) is 5.25. The fraction of sp³-hybridized carbons (Fsp3) is 0.643. The van der Waals surface area contributed by atoms with Crippen molar-refractivity contribution in [3.05, 3.63) is 17.5 Å². The van der Waals surface area contributed by atoms with Crippen LogP contribution in [0.3, 0.4) is 0 Å². The zero-order valence-corrected chi connectivity index (χ0v) is 16.7. The van der Waals surface area contributed by atoms with Crippen molar-refractivity contribution in [2.75, 3.05) is 56.7 Å². The summed E-state index contributed by atoms with van der Waals surface area (Å²) in [5.74, 6) is 2.26. The number of nitrogens with zero attached hydrogens (tertiary/aromatic N) is 3. The van der Waals surface area contributed by atoms with Crippen LogP contribution in [-0.4, -0.2) is 62.6 Å². The highest BCUT2D eigenvalue weighted by atomic mass is 127. The van der Waals surface area contributed by atoms with Crippen LogP contribution in [0.1, 0.15) is 6.42 Å². The summed E-state index contributed by atoms with van der Waals surface area (Å²) < 4.78 is 0. The van der Waals surface area contributed by atoms with E-state index < -0.39 is 0 Å². The molecule has 0 aromatic carbocycles. The lowest BCUT2D eigenvalue weighted by Crippen LogP contribution is -2.52. The predicted molar refractivity (Wildman–Crippen MR) is 108 cm³/mol. The molecule has 2 rings (SSSR count). The molecule has 0 saturated carbocycles. The van der Waals surface area contributed by atoms with Gasteiger partial charge in [0.05, 0.1) is 5.00 Å². The van der Waals surface area contributed by atoms with E-state index in [1.54, 1.807) is 0 Å². The van der Waals surface area contributed by atoms with Crippen molar-refractivity contribution in [1.29, 1.82) is 0 Å². The number of rotatable bonds is 5. The Morgan fingerprint density at radius 1 is 1.38 bits per heavy atom. The van der Waals surface area contributed by atoms with E-state index in [1.807, 2.05) is 30.1 Å². The molecular formula is C14H25IN4S2. The minimum atomic E-state index is 0. The Bertz CT molecular complexity index is 403. The average Bonchev–Trinajstić information content (AvgIpc) is 3.02. The number of thiophene rings is 1. The van der Waals surface area contributed by atoms with E-state index in [9.17, 15) is 0 Å². The standard InChI is InChI=1S/C14H24N4S2.HI/c1-15-14(16-6-4-11-19-2)18-9-7-17(8-10-18)13-5-3-12-20-13;/h3,5,12H,4,6-11H2,1-2H3,(H,15,16);1H. The molecule has 1 saturated heterocycles. The van der Waals surface area contributed by atoms with Crippen LogP contribution < -0.4 is 10.2 Å². The first-order valence-electron chi connectivity index (χ1n) is 7.08. The maximum atomic E-state index is 4.41. The zero-order valence-electron chi connectivity index (χ0n) is 12.7. The summed E-state index contributed by atoms with van der Waals surface area (Å²) in [4.78, 5) is 9.23. The van der Waals surface area contributed by atoms with Gasteiger partial charge in [-0.1, -0.05) is 0 Å². The van der Waals surface area contributed by atoms with Crippen molar-refractivity contribution in [2.45, 2.75) is 6.42 Å². The first-order chi connectivity index (χ1) is 9.85. The number of hydrogen-bond donors (Lipinski definition) is 1. The van der Waals surface area contributed by atoms with E-state index in [4.69, 9.17) is 0 Å². The molecule has 1 aliphatic rings. The third-order valence-corrected chi connectivity index (χ3v) is 5.04. The molecular weight excluding hydrogens is 415 g/mol. The monoisotopic (exact) mass is 440 g/mol. The van der Waals surface area contributed by atoms with Crippen LogP contribution >= 0.6 is 47.1 Å². The molecule has 7 heteroatoms. The maximum Gasteiger partial charge on any atom is 0.193 e. The van der Waals surface area contributed by atoms with E-state index in [2.05, 4.69) is 43.9 Å². The van der Waals surface area contributed by atoms with Gasteiger partial charge in [0, 0.05) is 39.8 Å². The third kappa shape index (κ3) is 5.86. The smallest absolute Gasteiger partial charge is 0.193 e. The number of hydrogen-bond acceptors (Lipinski definition) is 4. The van der Waals surface area contributed by atoms with Gasteiger partial charge in [-0.3, -0.25) is 4.99 Å². The second kappa shape index (κ2) is 10.6. The van der Waals surface area contributed by atoms with Gasteiger partial charge in [-0.2, -0.15) is 11.8 Å². The minimum absolute atomic E-state index is 0. The zero-order chi connectivity index (χ0) is 14.2. The van der Waals surface area contributed by atoms with Crippen molar-refractivity contribution in [3.63, 3.8) is 0 Å². The van der Waals surface area contributed by atoms with E-state index in [0.717, 1.165) is 38.7 Å². The van der Waals surface area contributed by atoms with Crippen LogP contribution in [0.25, 0.3) is 0 Å². The SMILES string of the molecule is CN=C(NCCCSC)N1CCN(c2cccs2)CC1.I. The van der Waals surface area contributed by atoms with Crippen LogP contribution in [0, 0.1) is 0 Å². The first-order valence-corrected chi connectivity index (χ1v) is 9.35. The van der Waals surface area contributed by atoms with Gasteiger partial charge < -0.3 is 15.1 Å². The molecule has 0 radical (unpaired) electrons. The van der Waals surface area contributed by atoms with Crippen molar-refractivity contribution in [2.24, 2.45) is 4.99 Å². The number of thioether (sulfide) groups is 1. The second-order valence-corrected chi connectivity index (χ2v) is 6.66. The molecule has 21 heavy (non-hydrogen) atoms. The topological polar surface area (TPSA) is 30.9 Å². The first kappa shape index (κ1) is 18.9. The average molecular weight is 440 g/mol. The Hall–Kier alpha value is -0.150. The lowest BCUT2D eigenvalue weighted by atomic mass is 10.3. The van der Waals surface area contributed by atoms with Gasteiger partial charge in [-0.05, 0) is 35.9 Å². The number of anilines is 1. The van der Waals surface area contributed by atoms with Gasteiger partial charge in [0.15, 0.2) is 5.96 Å². The number of nitrogens with one attached hydrogen (secondary N) is 1.